The second kappa shape index (κ2) is 8.09. The summed E-state index contributed by atoms with van der Waals surface area (Å²) >= 11 is 5.89. The highest BCUT2D eigenvalue weighted by atomic mass is 35.5. The second-order valence-corrected chi connectivity index (χ2v) is 5.95. The molecule has 0 radical (unpaired) electrons. The van der Waals surface area contributed by atoms with E-state index in [1.54, 1.807) is 36.4 Å². The van der Waals surface area contributed by atoms with Gasteiger partial charge in [0, 0.05) is 29.7 Å². The first kappa shape index (κ1) is 17.4. The smallest absolute Gasteiger partial charge is 0.225 e. The van der Waals surface area contributed by atoms with Gasteiger partial charge < -0.3 is 5.32 Å². The van der Waals surface area contributed by atoms with Crippen molar-refractivity contribution < 1.29 is 9.18 Å². The number of rotatable bonds is 6. The summed E-state index contributed by atoms with van der Waals surface area (Å²) in [7, 11) is 1.95. The van der Waals surface area contributed by atoms with Gasteiger partial charge in [-0.05, 0) is 49.9 Å². The summed E-state index contributed by atoms with van der Waals surface area (Å²) in [6.07, 6.45) is 0.370. The zero-order valence-electron chi connectivity index (χ0n) is 13.2. The summed E-state index contributed by atoms with van der Waals surface area (Å²) in [4.78, 5) is 14.1. The molecule has 23 heavy (non-hydrogen) atoms. The van der Waals surface area contributed by atoms with Crippen LogP contribution in [0.25, 0.3) is 0 Å². The zero-order chi connectivity index (χ0) is 16.8. The first-order valence-electron chi connectivity index (χ1n) is 7.47. The lowest BCUT2D eigenvalue weighted by molar-refractivity contribution is -0.116. The Hall–Kier alpha value is -1.91. The van der Waals surface area contributed by atoms with Crippen LogP contribution in [-0.2, 0) is 4.79 Å². The molecule has 0 spiro atoms. The Morgan fingerprint density at radius 2 is 1.96 bits per heavy atom. The number of anilines is 1. The molecule has 0 aliphatic rings. The van der Waals surface area contributed by atoms with Gasteiger partial charge in [-0.1, -0.05) is 29.8 Å². The van der Waals surface area contributed by atoms with E-state index in [0.29, 0.717) is 23.7 Å². The predicted octanol–water partition coefficient (Wildman–Crippen LogP) is 4.50. The van der Waals surface area contributed by atoms with Gasteiger partial charge in [-0.25, -0.2) is 4.39 Å². The van der Waals surface area contributed by atoms with E-state index in [1.807, 2.05) is 14.0 Å². The fraction of sp³-hybridized carbons (Fsp3) is 0.278. The van der Waals surface area contributed by atoms with E-state index < -0.39 is 0 Å². The molecule has 1 N–H and O–H groups in total. The number of benzene rings is 2. The molecule has 0 saturated heterocycles. The highest BCUT2D eigenvalue weighted by molar-refractivity contribution is 6.30. The van der Waals surface area contributed by atoms with E-state index >= 15 is 0 Å². The van der Waals surface area contributed by atoms with Crippen molar-refractivity contribution in [1.29, 1.82) is 0 Å². The molecule has 0 aliphatic carbocycles. The van der Waals surface area contributed by atoms with Gasteiger partial charge in [-0.3, -0.25) is 9.69 Å². The summed E-state index contributed by atoms with van der Waals surface area (Å²) in [6, 6.07) is 13.6. The van der Waals surface area contributed by atoms with Crippen LogP contribution < -0.4 is 5.32 Å². The van der Waals surface area contributed by atoms with Gasteiger partial charge in [0.2, 0.25) is 5.91 Å². The summed E-state index contributed by atoms with van der Waals surface area (Å²) in [5, 5.41) is 3.41. The van der Waals surface area contributed by atoms with Crippen molar-refractivity contribution in [3.63, 3.8) is 0 Å². The molecule has 0 aliphatic heterocycles. The highest BCUT2D eigenvalue weighted by Crippen LogP contribution is 2.19. The summed E-state index contributed by atoms with van der Waals surface area (Å²) in [5.74, 6) is -0.310. The molecule has 0 heterocycles. The first-order valence-corrected chi connectivity index (χ1v) is 7.84. The largest absolute Gasteiger partial charge is 0.326 e. The molecule has 3 nitrogen and oxygen atoms in total. The monoisotopic (exact) mass is 334 g/mol. The molecule has 122 valence electrons. The Morgan fingerprint density at radius 1 is 1.26 bits per heavy atom. The van der Waals surface area contributed by atoms with Crippen molar-refractivity contribution >= 4 is 23.2 Å². The third-order valence-electron chi connectivity index (χ3n) is 3.81. The van der Waals surface area contributed by atoms with Crippen molar-refractivity contribution in [1.82, 2.24) is 4.90 Å². The van der Waals surface area contributed by atoms with Crippen LogP contribution in [0.3, 0.4) is 0 Å². The van der Waals surface area contributed by atoms with Crippen molar-refractivity contribution in [3.05, 3.63) is 64.9 Å². The maximum atomic E-state index is 13.0. The molecule has 5 heteroatoms. The molecule has 0 fully saturated rings. The Morgan fingerprint density at radius 3 is 2.61 bits per heavy atom. The number of hydrogen-bond acceptors (Lipinski definition) is 2. The van der Waals surface area contributed by atoms with E-state index in [4.69, 9.17) is 11.6 Å². The van der Waals surface area contributed by atoms with Crippen LogP contribution in [0.15, 0.2) is 48.5 Å². The van der Waals surface area contributed by atoms with Crippen LogP contribution in [-0.4, -0.2) is 24.4 Å². The lowest BCUT2D eigenvalue weighted by atomic mass is 10.1. The van der Waals surface area contributed by atoms with Crippen molar-refractivity contribution in [2.75, 3.05) is 18.9 Å². The number of nitrogens with zero attached hydrogens (tertiary/aromatic N) is 1. The van der Waals surface area contributed by atoms with E-state index in [0.717, 1.165) is 5.56 Å². The molecule has 0 aromatic heterocycles. The molecule has 1 atom stereocenters. The van der Waals surface area contributed by atoms with Crippen LogP contribution in [0, 0.1) is 5.82 Å². The SMILES string of the molecule is C[C@H](c1ccc(F)cc1)N(C)CCC(=O)Nc1cccc(Cl)c1. The number of halogens is 2. The van der Waals surface area contributed by atoms with Crippen molar-refractivity contribution in [2.45, 2.75) is 19.4 Å². The normalized spacial score (nSPS) is 12.2. The number of carbonyl (C=O) groups is 1. The Kier molecular flexibility index (Phi) is 6.13. The summed E-state index contributed by atoms with van der Waals surface area (Å²) < 4.78 is 13.0. The van der Waals surface area contributed by atoms with Crippen LogP contribution in [0.4, 0.5) is 10.1 Å². The third-order valence-corrected chi connectivity index (χ3v) is 4.05. The fourth-order valence-electron chi connectivity index (χ4n) is 2.26. The summed E-state index contributed by atoms with van der Waals surface area (Å²) in [5.41, 5.74) is 1.71. The lowest BCUT2D eigenvalue weighted by Gasteiger charge is -2.24. The van der Waals surface area contributed by atoms with E-state index in [-0.39, 0.29) is 17.8 Å². The van der Waals surface area contributed by atoms with E-state index in [9.17, 15) is 9.18 Å². The Labute approximate surface area is 141 Å². The Balaban J connectivity index is 1.84. The average molecular weight is 335 g/mol. The summed E-state index contributed by atoms with van der Waals surface area (Å²) in [6.45, 7) is 2.63. The molecule has 2 aromatic rings. The molecule has 0 saturated carbocycles. The maximum absolute atomic E-state index is 13.0. The van der Waals surface area contributed by atoms with Crippen molar-refractivity contribution in [2.24, 2.45) is 0 Å². The van der Waals surface area contributed by atoms with Gasteiger partial charge >= 0.3 is 0 Å². The molecule has 0 unspecified atom stereocenters. The first-order chi connectivity index (χ1) is 11.0. The lowest BCUT2D eigenvalue weighted by Crippen LogP contribution is -2.27. The van der Waals surface area contributed by atoms with Crippen LogP contribution in [0.5, 0.6) is 0 Å². The molecule has 1 amide bonds. The quantitative estimate of drug-likeness (QED) is 0.843. The number of nitrogens with one attached hydrogen (secondary N) is 1. The second-order valence-electron chi connectivity index (χ2n) is 5.52. The van der Waals surface area contributed by atoms with E-state index in [2.05, 4.69) is 10.2 Å². The van der Waals surface area contributed by atoms with Gasteiger partial charge in [0.15, 0.2) is 0 Å². The fourth-order valence-corrected chi connectivity index (χ4v) is 2.45. The van der Waals surface area contributed by atoms with E-state index in [1.165, 1.54) is 12.1 Å². The van der Waals surface area contributed by atoms with Crippen LogP contribution >= 0.6 is 11.6 Å². The minimum absolute atomic E-state index is 0.0644. The van der Waals surface area contributed by atoms with Gasteiger partial charge in [-0.15, -0.1) is 0 Å². The van der Waals surface area contributed by atoms with Gasteiger partial charge in [0.1, 0.15) is 5.82 Å². The minimum atomic E-state index is -0.246. The van der Waals surface area contributed by atoms with Crippen LogP contribution in [0.2, 0.25) is 5.02 Å². The molecular formula is C18H20ClFN2O. The standard InChI is InChI=1S/C18H20ClFN2O/c1-13(14-6-8-16(20)9-7-14)22(2)11-10-18(23)21-17-5-3-4-15(19)12-17/h3-9,12-13H,10-11H2,1-2H3,(H,21,23)/t13-/m1/s1. The predicted molar refractivity (Wildman–Crippen MR) is 92.1 cm³/mol. The Bertz CT molecular complexity index is 660. The van der Waals surface area contributed by atoms with Gasteiger partial charge in [0.25, 0.3) is 0 Å². The molecule has 2 rings (SSSR count). The average Bonchev–Trinajstić information content (AvgIpc) is 2.52. The van der Waals surface area contributed by atoms with Crippen molar-refractivity contribution in [3.8, 4) is 0 Å². The molecular weight excluding hydrogens is 315 g/mol. The molecule has 0 bridgehead atoms. The minimum Gasteiger partial charge on any atom is -0.326 e. The van der Waals surface area contributed by atoms with Gasteiger partial charge in [0.05, 0.1) is 0 Å². The topological polar surface area (TPSA) is 32.3 Å². The number of hydrogen-bond donors (Lipinski definition) is 1. The highest BCUT2D eigenvalue weighted by Gasteiger charge is 2.13. The third kappa shape index (κ3) is 5.34. The van der Waals surface area contributed by atoms with Crippen LogP contribution in [0.1, 0.15) is 24.9 Å². The number of amides is 1. The number of carbonyl (C=O) groups excluding carboxylic acids is 1. The zero-order valence-corrected chi connectivity index (χ0v) is 14.0. The van der Waals surface area contributed by atoms with Gasteiger partial charge in [-0.2, -0.15) is 0 Å². The maximum Gasteiger partial charge on any atom is 0.225 e. The molecule has 2 aromatic carbocycles.